The molecule has 0 aliphatic carbocycles. The maximum Gasteiger partial charge on any atom is 0.191 e. The van der Waals surface area contributed by atoms with Gasteiger partial charge in [-0.25, -0.2) is 0 Å². The van der Waals surface area contributed by atoms with Crippen LogP contribution in [0.15, 0.2) is 29.3 Å². The molecule has 7 heteroatoms. The van der Waals surface area contributed by atoms with Crippen LogP contribution in [-0.4, -0.2) is 93.2 Å². The highest BCUT2D eigenvalue weighted by Gasteiger charge is 2.18. The van der Waals surface area contributed by atoms with Crippen molar-refractivity contribution in [1.82, 2.24) is 14.7 Å². The summed E-state index contributed by atoms with van der Waals surface area (Å²) in [6.45, 7) is 10.4. The van der Waals surface area contributed by atoms with E-state index in [0.29, 0.717) is 5.96 Å². The first-order chi connectivity index (χ1) is 13.1. The van der Waals surface area contributed by atoms with Gasteiger partial charge in [-0.2, -0.15) is 0 Å². The van der Waals surface area contributed by atoms with Crippen molar-refractivity contribution in [3.8, 4) is 0 Å². The lowest BCUT2D eigenvalue weighted by molar-refractivity contribution is 0.275. The molecule has 6 nitrogen and oxygen atoms in total. The van der Waals surface area contributed by atoms with Gasteiger partial charge in [0.05, 0.1) is 0 Å². The molecule has 1 aromatic carbocycles. The number of likely N-dealkylation sites (N-methyl/N-ethyl adjacent to an activating group) is 1. The lowest BCUT2D eigenvalue weighted by Gasteiger charge is -2.36. The van der Waals surface area contributed by atoms with E-state index in [-0.39, 0.29) is 0 Å². The van der Waals surface area contributed by atoms with E-state index < -0.39 is 0 Å². The first-order valence-corrected chi connectivity index (χ1v) is 10.5. The van der Waals surface area contributed by atoms with Gasteiger partial charge in [-0.3, -0.25) is 4.99 Å². The highest BCUT2D eigenvalue weighted by atomic mass is 35.5. The van der Waals surface area contributed by atoms with Crippen molar-refractivity contribution in [2.45, 2.75) is 12.8 Å². The average Bonchev–Trinajstić information content (AvgIpc) is 2.90. The second-order valence-electron chi connectivity index (χ2n) is 7.54. The van der Waals surface area contributed by atoms with Crippen molar-refractivity contribution in [3.05, 3.63) is 29.3 Å². The summed E-state index contributed by atoms with van der Waals surface area (Å²) in [5.41, 5.74) is 7.45. The van der Waals surface area contributed by atoms with Crippen molar-refractivity contribution in [2.75, 3.05) is 77.4 Å². The summed E-state index contributed by atoms with van der Waals surface area (Å²) >= 11 is 5.98. The molecule has 3 rings (SSSR count). The quantitative estimate of drug-likeness (QED) is 0.470. The zero-order chi connectivity index (χ0) is 19.1. The second kappa shape index (κ2) is 10.2. The van der Waals surface area contributed by atoms with Gasteiger partial charge in [0.2, 0.25) is 0 Å². The molecule has 2 aliphatic heterocycles. The lowest BCUT2D eigenvalue weighted by atomic mass is 10.2. The average molecular weight is 393 g/mol. The molecule has 0 spiro atoms. The van der Waals surface area contributed by atoms with Crippen LogP contribution in [0.1, 0.15) is 12.8 Å². The molecule has 1 aromatic rings. The number of halogens is 1. The van der Waals surface area contributed by atoms with Crippen molar-refractivity contribution < 1.29 is 0 Å². The molecule has 150 valence electrons. The van der Waals surface area contributed by atoms with Gasteiger partial charge in [-0.05, 0) is 63.8 Å². The Morgan fingerprint density at radius 2 is 1.74 bits per heavy atom. The number of rotatable bonds is 5. The SMILES string of the molecule is CN1CCCN(CCCN=C(N)N2CCN(c3ccc(Cl)cc3)CC2)CC1. The van der Waals surface area contributed by atoms with Crippen LogP contribution in [0, 0.1) is 0 Å². The topological polar surface area (TPSA) is 51.3 Å². The Morgan fingerprint density at radius 3 is 2.48 bits per heavy atom. The molecule has 0 atom stereocenters. The number of hydrogen-bond donors (Lipinski definition) is 1. The van der Waals surface area contributed by atoms with Crippen molar-refractivity contribution in [3.63, 3.8) is 0 Å². The van der Waals surface area contributed by atoms with Gasteiger partial charge < -0.3 is 25.3 Å². The van der Waals surface area contributed by atoms with Gasteiger partial charge in [0, 0.05) is 56.5 Å². The zero-order valence-corrected chi connectivity index (χ0v) is 17.2. The van der Waals surface area contributed by atoms with Gasteiger partial charge >= 0.3 is 0 Å². The van der Waals surface area contributed by atoms with Gasteiger partial charge in [0.15, 0.2) is 5.96 Å². The number of guanidine groups is 1. The third-order valence-corrected chi connectivity index (χ3v) is 5.77. The van der Waals surface area contributed by atoms with Crippen LogP contribution in [0.5, 0.6) is 0 Å². The fourth-order valence-corrected chi connectivity index (χ4v) is 3.88. The van der Waals surface area contributed by atoms with Crippen LogP contribution < -0.4 is 10.6 Å². The molecule has 0 unspecified atom stereocenters. The van der Waals surface area contributed by atoms with Gasteiger partial charge in [-0.15, -0.1) is 0 Å². The highest BCUT2D eigenvalue weighted by Crippen LogP contribution is 2.19. The first kappa shape index (κ1) is 20.2. The van der Waals surface area contributed by atoms with Gasteiger partial charge in [-0.1, -0.05) is 11.6 Å². The smallest absolute Gasteiger partial charge is 0.191 e. The first-order valence-electron chi connectivity index (χ1n) is 10.1. The summed E-state index contributed by atoms with van der Waals surface area (Å²) in [5, 5.41) is 0.779. The fraction of sp³-hybridized carbons (Fsp3) is 0.650. The Morgan fingerprint density at radius 1 is 1.00 bits per heavy atom. The zero-order valence-electron chi connectivity index (χ0n) is 16.5. The van der Waals surface area contributed by atoms with Crippen LogP contribution >= 0.6 is 11.6 Å². The van der Waals surface area contributed by atoms with Crippen molar-refractivity contribution in [1.29, 1.82) is 0 Å². The number of benzene rings is 1. The number of nitrogens with zero attached hydrogens (tertiary/aromatic N) is 5. The van der Waals surface area contributed by atoms with E-state index in [4.69, 9.17) is 17.3 Å². The van der Waals surface area contributed by atoms with E-state index in [1.54, 1.807) is 0 Å². The molecule has 0 aromatic heterocycles. The summed E-state index contributed by atoms with van der Waals surface area (Å²) in [6, 6.07) is 8.05. The van der Waals surface area contributed by atoms with Crippen molar-refractivity contribution >= 4 is 23.2 Å². The van der Waals surface area contributed by atoms with Crippen LogP contribution in [0.4, 0.5) is 5.69 Å². The standard InChI is InChI=1S/C20H33ClN6/c1-24-9-3-11-25(13-12-24)10-2-8-23-20(22)27-16-14-26(15-17-27)19-6-4-18(21)5-7-19/h4-7H,2-3,8-17H2,1H3,(H2,22,23). The summed E-state index contributed by atoms with van der Waals surface area (Å²) in [6.07, 6.45) is 2.34. The Labute approximate surface area is 168 Å². The molecule has 0 saturated carbocycles. The van der Waals surface area contributed by atoms with Crippen LogP contribution in [0.25, 0.3) is 0 Å². The minimum atomic E-state index is 0.696. The molecular weight excluding hydrogens is 360 g/mol. The fourth-order valence-electron chi connectivity index (χ4n) is 3.76. The molecule has 2 aliphatic rings. The molecule has 0 radical (unpaired) electrons. The summed E-state index contributed by atoms with van der Waals surface area (Å²) in [7, 11) is 2.21. The molecule has 27 heavy (non-hydrogen) atoms. The molecule has 2 saturated heterocycles. The largest absolute Gasteiger partial charge is 0.370 e. The minimum absolute atomic E-state index is 0.696. The van der Waals surface area contributed by atoms with E-state index in [1.165, 1.54) is 38.3 Å². The van der Waals surface area contributed by atoms with E-state index in [9.17, 15) is 0 Å². The molecule has 0 amide bonds. The Bertz CT molecular complexity index is 597. The van der Waals surface area contributed by atoms with Crippen molar-refractivity contribution in [2.24, 2.45) is 10.7 Å². The number of aliphatic imine (C=N–C) groups is 1. The number of nitrogens with two attached hydrogens (primary N) is 1. The third-order valence-electron chi connectivity index (χ3n) is 5.51. The van der Waals surface area contributed by atoms with E-state index in [1.807, 2.05) is 12.1 Å². The van der Waals surface area contributed by atoms with E-state index in [0.717, 1.165) is 50.7 Å². The minimum Gasteiger partial charge on any atom is -0.370 e. The Hall–Kier alpha value is -1.50. The summed E-state index contributed by atoms with van der Waals surface area (Å²) in [5.74, 6) is 0.696. The van der Waals surface area contributed by atoms with Crippen LogP contribution in [0.3, 0.4) is 0 Å². The molecular formula is C20H33ClN6. The van der Waals surface area contributed by atoms with E-state index in [2.05, 4.69) is 43.8 Å². The van der Waals surface area contributed by atoms with Gasteiger partial charge in [0.1, 0.15) is 0 Å². The number of hydrogen-bond acceptors (Lipinski definition) is 4. The Kier molecular flexibility index (Phi) is 7.61. The van der Waals surface area contributed by atoms with Crippen LogP contribution in [0.2, 0.25) is 5.02 Å². The molecule has 2 N–H and O–H groups in total. The molecule has 2 fully saturated rings. The number of piperazine rings is 1. The Balaban J connectivity index is 1.37. The molecule has 0 bridgehead atoms. The maximum absolute atomic E-state index is 6.23. The monoisotopic (exact) mass is 392 g/mol. The van der Waals surface area contributed by atoms with Crippen LogP contribution in [-0.2, 0) is 0 Å². The lowest BCUT2D eigenvalue weighted by Crippen LogP contribution is -2.51. The van der Waals surface area contributed by atoms with E-state index >= 15 is 0 Å². The predicted molar refractivity (Wildman–Crippen MR) is 115 cm³/mol. The molecule has 2 heterocycles. The highest BCUT2D eigenvalue weighted by molar-refractivity contribution is 6.30. The maximum atomic E-state index is 6.23. The summed E-state index contributed by atoms with van der Waals surface area (Å²) < 4.78 is 0. The predicted octanol–water partition coefficient (Wildman–Crippen LogP) is 1.80. The third kappa shape index (κ3) is 6.26. The second-order valence-corrected chi connectivity index (χ2v) is 7.98. The van der Waals surface area contributed by atoms with Gasteiger partial charge in [0.25, 0.3) is 0 Å². The summed E-state index contributed by atoms with van der Waals surface area (Å²) in [4.78, 5) is 14.2. The number of anilines is 1. The normalized spacial score (nSPS) is 20.7.